The van der Waals surface area contributed by atoms with E-state index in [-0.39, 0.29) is 0 Å². The summed E-state index contributed by atoms with van der Waals surface area (Å²) in [6.45, 7) is 0. The lowest BCUT2D eigenvalue weighted by atomic mass is 10.1. The van der Waals surface area contributed by atoms with Crippen molar-refractivity contribution in [2.45, 2.75) is 0 Å². The van der Waals surface area contributed by atoms with Gasteiger partial charge in [-0.15, -0.1) is 0 Å². The van der Waals surface area contributed by atoms with E-state index in [2.05, 4.69) is 11.8 Å². The van der Waals surface area contributed by atoms with Crippen LogP contribution in [0.25, 0.3) is 11.0 Å². The Kier molecular flexibility index (Phi) is 3.28. The summed E-state index contributed by atoms with van der Waals surface area (Å²) < 4.78 is 5.13. The minimum atomic E-state index is -0.404. The molecule has 0 radical (unpaired) electrons. The van der Waals surface area contributed by atoms with Crippen LogP contribution >= 0.6 is 11.6 Å². The van der Waals surface area contributed by atoms with Crippen LogP contribution in [0.1, 0.15) is 11.1 Å². The van der Waals surface area contributed by atoms with Crippen LogP contribution in [0.15, 0.2) is 63.8 Å². The Balaban J connectivity index is 2.14. The summed E-state index contributed by atoms with van der Waals surface area (Å²) in [5, 5.41) is 1.45. The van der Waals surface area contributed by atoms with Crippen LogP contribution in [0.5, 0.6) is 0 Å². The van der Waals surface area contributed by atoms with E-state index in [0.717, 1.165) is 10.9 Å². The molecule has 0 atom stereocenters. The van der Waals surface area contributed by atoms with Gasteiger partial charge >= 0.3 is 5.63 Å². The second-order valence-corrected chi connectivity index (χ2v) is 4.67. The van der Waals surface area contributed by atoms with E-state index in [0.29, 0.717) is 16.2 Å². The summed E-state index contributed by atoms with van der Waals surface area (Å²) in [7, 11) is 0. The highest BCUT2D eigenvalue weighted by atomic mass is 35.5. The molecule has 2 nitrogen and oxygen atoms in total. The Labute approximate surface area is 120 Å². The van der Waals surface area contributed by atoms with Crippen molar-refractivity contribution in [3.63, 3.8) is 0 Å². The van der Waals surface area contributed by atoms with Crippen molar-refractivity contribution in [1.29, 1.82) is 0 Å². The summed E-state index contributed by atoms with van der Waals surface area (Å²) in [5.41, 5.74) is 1.58. The topological polar surface area (TPSA) is 30.2 Å². The number of hydrogen-bond acceptors (Lipinski definition) is 2. The number of hydrogen-bond donors (Lipinski definition) is 0. The van der Waals surface area contributed by atoms with Gasteiger partial charge in [0.2, 0.25) is 0 Å². The minimum Gasteiger partial charge on any atom is -0.423 e. The van der Waals surface area contributed by atoms with E-state index in [1.54, 1.807) is 18.2 Å². The SMILES string of the molecule is O=c1cc(C#Cc2cccc(Cl)c2)c2ccccc2o1. The molecular weight excluding hydrogens is 272 g/mol. The van der Waals surface area contributed by atoms with Gasteiger partial charge < -0.3 is 4.42 Å². The van der Waals surface area contributed by atoms with Crippen LogP contribution in [0.4, 0.5) is 0 Å². The van der Waals surface area contributed by atoms with Crippen molar-refractivity contribution < 1.29 is 4.42 Å². The molecule has 0 saturated heterocycles. The van der Waals surface area contributed by atoms with Gasteiger partial charge in [-0.2, -0.15) is 0 Å². The molecule has 0 N–H and O–H groups in total. The highest BCUT2D eigenvalue weighted by Crippen LogP contribution is 2.16. The van der Waals surface area contributed by atoms with Crippen LogP contribution < -0.4 is 5.63 Å². The summed E-state index contributed by atoms with van der Waals surface area (Å²) in [4.78, 5) is 11.5. The molecule has 96 valence electrons. The maximum Gasteiger partial charge on any atom is 0.337 e. The van der Waals surface area contributed by atoms with E-state index in [4.69, 9.17) is 16.0 Å². The fourth-order valence-electron chi connectivity index (χ4n) is 1.92. The Hall–Kier alpha value is -2.50. The molecule has 0 saturated carbocycles. The zero-order chi connectivity index (χ0) is 13.9. The molecule has 20 heavy (non-hydrogen) atoms. The van der Waals surface area contributed by atoms with Gasteiger partial charge in [-0.05, 0) is 30.3 Å². The molecule has 3 rings (SSSR count). The Bertz CT molecular complexity index is 898. The molecule has 0 fully saturated rings. The lowest BCUT2D eigenvalue weighted by Gasteiger charge is -1.98. The van der Waals surface area contributed by atoms with Gasteiger partial charge in [0.15, 0.2) is 0 Å². The third-order valence-electron chi connectivity index (χ3n) is 2.82. The normalized spacial score (nSPS) is 10.1. The molecule has 2 aromatic carbocycles. The van der Waals surface area contributed by atoms with Crippen molar-refractivity contribution in [3.05, 3.63) is 81.2 Å². The maximum atomic E-state index is 11.5. The maximum absolute atomic E-state index is 11.5. The minimum absolute atomic E-state index is 0.404. The van der Waals surface area contributed by atoms with Crippen LogP contribution in [0.2, 0.25) is 5.02 Å². The molecule has 0 aliphatic carbocycles. The van der Waals surface area contributed by atoms with Crippen molar-refractivity contribution in [3.8, 4) is 11.8 Å². The second kappa shape index (κ2) is 5.24. The fraction of sp³-hybridized carbons (Fsp3) is 0. The van der Waals surface area contributed by atoms with Crippen LogP contribution in [0.3, 0.4) is 0 Å². The third-order valence-corrected chi connectivity index (χ3v) is 3.05. The molecule has 1 heterocycles. The van der Waals surface area contributed by atoms with Crippen molar-refractivity contribution in [2.75, 3.05) is 0 Å². The molecule has 0 aliphatic rings. The molecule has 0 bridgehead atoms. The predicted octanol–water partition coefficient (Wildman–Crippen LogP) is 3.85. The zero-order valence-corrected chi connectivity index (χ0v) is 11.1. The first-order valence-corrected chi connectivity index (χ1v) is 6.41. The molecule has 1 aromatic heterocycles. The lowest BCUT2D eigenvalue weighted by molar-refractivity contribution is 0.560. The third kappa shape index (κ3) is 2.59. The van der Waals surface area contributed by atoms with Crippen molar-refractivity contribution in [1.82, 2.24) is 0 Å². The summed E-state index contributed by atoms with van der Waals surface area (Å²) in [6, 6.07) is 16.0. The lowest BCUT2D eigenvalue weighted by Crippen LogP contribution is -1.98. The molecule has 0 unspecified atom stereocenters. The Morgan fingerprint density at radius 1 is 0.950 bits per heavy atom. The standard InChI is InChI=1S/C17H9ClO2/c18-14-5-3-4-12(10-14)8-9-13-11-17(19)20-16-7-2-1-6-15(13)16/h1-7,10-11H. The quantitative estimate of drug-likeness (QED) is 0.462. The van der Waals surface area contributed by atoms with Crippen molar-refractivity contribution >= 4 is 22.6 Å². The molecular formula is C17H9ClO2. The molecule has 0 spiro atoms. The first-order chi connectivity index (χ1) is 9.72. The molecule has 0 amide bonds. The number of rotatable bonds is 0. The average Bonchev–Trinajstić information content (AvgIpc) is 2.44. The van der Waals surface area contributed by atoms with E-state index in [9.17, 15) is 4.79 Å². The Morgan fingerprint density at radius 3 is 2.65 bits per heavy atom. The summed E-state index contributed by atoms with van der Waals surface area (Å²) in [5.74, 6) is 6.01. The van der Waals surface area contributed by atoms with Gasteiger partial charge in [0.05, 0.1) is 0 Å². The first-order valence-electron chi connectivity index (χ1n) is 6.03. The molecule has 3 heteroatoms. The summed E-state index contributed by atoms with van der Waals surface area (Å²) in [6.07, 6.45) is 0. The van der Waals surface area contributed by atoms with Gasteiger partial charge in [0, 0.05) is 27.6 Å². The van der Waals surface area contributed by atoms with E-state index >= 15 is 0 Å². The molecule has 3 aromatic rings. The van der Waals surface area contributed by atoms with Gasteiger partial charge in [-0.3, -0.25) is 0 Å². The Morgan fingerprint density at radius 2 is 1.80 bits per heavy atom. The van der Waals surface area contributed by atoms with Gasteiger partial charge in [0.1, 0.15) is 5.58 Å². The zero-order valence-electron chi connectivity index (χ0n) is 10.4. The highest BCUT2D eigenvalue weighted by Gasteiger charge is 2.02. The number of fused-ring (bicyclic) bond motifs is 1. The largest absolute Gasteiger partial charge is 0.423 e. The smallest absolute Gasteiger partial charge is 0.337 e. The summed E-state index contributed by atoms with van der Waals surface area (Å²) >= 11 is 5.91. The second-order valence-electron chi connectivity index (χ2n) is 4.24. The van der Waals surface area contributed by atoms with Crippen LogP contribution in [0, 0.1) is 11.8 Å². The van der Waals surface area contributed by atoms with Gasteiger partial charge in [0.25, 0.3) is 0 Å². The molecule has 0 aliphatic heterocycles. The first kappa shape index (κ1) is 12.5. The van der Waals surface area contributed by atoms with Gasteiger partial charge in [-0.1, -0.05) is 41.6 Å². The van der Waals surface area contributed by atoms with Crippen molar-refractivity contribution in [2.24, 2.45) is 0 Å². The fourth-order valence-corrected chi connectivity index (χ4v) is 2.11. The van der Waals surface area contributed by atoms with E-state index in [1.807, 2.05) is 30.3 Å². The number of benzene rings is 2. The average molecular weight is 281 g/mol. The number of halogens is 1. The van der Waals surface area contributed by atoms with Crippen LogP contribution in [-0.2, 0) is 0 Å². The monoisotopic (exact) mass is 280 g/mol. The van der Waals surface area contributed by atoms with E-state index < -0.39 is 5.63 Å². The predicted molar refractivity (Wildman–Crippen MR) is 79.9 cm³/mol. The van der Waals surface area contributed by atoms with E-state index in [1.165, 1.54) is 6.07 Å². The number of para-hydroxylation sites is 1. The van der Waals surface area contributed by atoms with Crippen LogP contribution in [-0.4, -0.2) is 0 Å². The highest BCUT2D eigenvalue weighted by molar-refractivity contribution is 6.30. The van der Waals surface area contributed by atoms with Gasteiger partial charge in [-0.25, -0.2) is 4.79 Å².